The minimum Gasteiger partial charge on any atom is -0.485 e. The summed E-state index contributed by atoms with van der Waals surface area (Å²) in [6.45, 7) is 0. The van der Waals surface area contributed by atoms with Crippen molar-refractivity contribution in [2.45, 2.75) is 18.6 Å². The Morgan fingerprint density at radius 1 is 1.16 bits per heavy atom. The number of para-hydroxylation sites is 1. The Labute approximate surface area is 115 Å². The zero-order valence-corrected chi connectivity index (χ0v) is 10.8. The molecule has 1 aliphatic rings. The van der Waals surface area contributed by atoms with E-state index in [1.54, 1.807) is 6.07 Å². The van der Waals surface area contributed by atoms with Crippen molar-refractivity contribution in [3.63, 3.8) is 0 Å². The molecule has 2 atom stereocenters. The highest BCUT2D eigenvalue weighted by Crippen LogP contribution is 2.42. The summed E-state index contributed by atoms with van der Waals surface area (Å²) in [4.78, 5) is 0. The SMILES string of the molecule is OC1CC(c2ccc(F)cc2Cl)Oc2ccccc21. The monoisotopic (exact) mass is 278 g/mol. The third-order valence-electron chi connectivity index (χ3n) is 3.29. The average molecular weight is 279 g/mol. The molecule has 0 radical (unpaired) electrons. The Bertz CT molecular complexity index is 615. The van der Waals surface area contributed by atoms with Crippen LogP contribution in [0.3, 0.4) is 0 Å². The van der Waals surface area contributed by atoms with Gasteiger partial charge < -0.3 is 9.84 Å². The summed E-state index contributed by atoms with van der Waals surface area (Å²) >= 11 is 6.04. The van der Waals surface area contributed by atoms with E-state index in [-0.39, 0.29) is 11.9 Å². The Balaban J connectivity index is 1.97. The number of aliphatic hydroxyl groups is 1. The molecule has 0 amide bonds. The Morgan fingerprint density at radius 2 is 1.95 bits per heavy atom. The van der Waals surface area contributed by atoms with Crippen molar-refractivity contribution in [2.24, 2.45) is 0 Å². The highest BCUT2D eigenvalue weighted by molar-refractivity contribution is 6.31. The number of halogens is 2. The maximum atomic E-state index is 13.1. The minimum absolute atomic E-state index is 0.316. The molecule has 0 saturated carbocycles. The van der Waals surface area contributed by atoms with Gasteiger partial charge in [0.15, 0.2) is 0 Å². The van der Waals surface area contributed by atoms with Gasteiger partial charge in [0.25, 0.3) is 0 Å². The fourth-order valence-electron chi connectivity index (χ4n) is 2.35. The Kier molecular flexibility index (Phi) is 3.17. The van der Waals surface area contributed by atoms with Gasteiger partial charge in [0.2, 0.25) is 0 Å². The number of hydrogen-bond donors (Lipinski definition) is 1. The molecule has 1 aliphatic heterocycles. The second-order valence-corrected chi connectivity index (χ2v) is 4.97. The van der Waals surface area contributed by atoms with Crippen LogP contribution in [0.4, 0.5) is 4.39 Å². The molecule has 0 fully saturated rings. The normalized spacial score (nSPS) is 21.6. The standard InChI is InChI=1S/C15H12ClFO2/c16-12-7-9(17)5-6-10(12)15-8-13(18)11-3-1-2-4-14(11)19-15/h1-7,13,15,18H,8H2. The first-order valence-electron chi connectivity index (χ1n) is 6.04. The first kappa shape index (κ1) is 12.5. The van der Waals surface area contributed by atoms with E-state index in [0.29, 0.717) is 22.8 Å². The van der Waals surface area contributed by atoms with E-state index in [4.69, 9.17) is 16.3 Å². The second-order valence-electron chi connectivity index (χ2n) is 4.56. The van der Waals surface area contributed by atoms with Crippen LogP contribution >= 0.6 is 11.6 Å². The number of aliphatic hydroxyl groups excluding tert-OH is 1. The minimum atomic E-state index is -0.601. The largest absolute Gasteiger partial charge is 0.485 e. The van der Waals surface area contributed by atoms with Gasteiger partial charge in [0.05, 0.1) is 11.1 Å². The fraction of sp³-hybridized carbons (Fsp3) is 0.200. The Hall–Kier alpha value is -1.58. The van der Waals surface area contributed by atoms with Crippen LogP contribution in [-0.4, -0.2) is 5.11 Å². The summed E-state index contributed by atoms with van der Waals surface area (Å²) in [6.07, 6.45) is -0.559. The third kappa shape index (κ3) is 2.31. The number of hydrogen-bond acceptors (Lipinski definition) is 2. The zero-order chi connectivity index (χ0) is 13.4. The van der Waals surface area contributed by atoms with Crippen molar-refractivity contribution in [2.75, 3.05) is 0 Å². The van der Waals surface area contributed by atoms with Gasteiger partial charge in [-0.2, -0.15) is 0 Å². The molecule has 0 aliphatic carbocycles. The lowest BCUT2D eigenvalue weighted by Gasteiger charge is -2.30. The molecule has 0 spiro atoms. The van der Waals surface area contributed by atoms with Gasteiger partial charge in [-0.25, -0.2) is 4.39 Å². The van der Waals surface area contributed by atoms with Crippen LogP contribution < -0.4 is 4.74 Å². The lowest BCUT2D eigenvalue weighted by Crippen LogP contribution is -2.19. The van der Waals surface area contributed by atoms with Crippen LogP contribution in [0.25, 0.3) is 0 Å². The highest BCUT2D eigenvalue weighted by Gasteiger charge is 2.28. The van der Waals surface area contributed by atoms with E-state index in [2.05, 4.69) is 0 Å². The molecular weight excluding hydrogens is 267 g/mol. The van der Waals surface area contributed by atoms with Crippen LogP contribution in [-0.2, 0) is 0 Å². The summed E-state index contributed by atoms with van der Waals surface area (Å²) in [7, 11) is 0. The molecule has 2 unspecified atom stereocenters. The Morgan fingerprint density at radius 3 is 2.74 bits per heavy atom. The lowest BCUT2D eigenvalue weighted by molar-refractivity contribution is 0.0658. The van der Waals surface area contributed by atoms with Crippen molar-refractivity contribution in [3.8, 4) is 5.75 Å². The summed E-state index contributed by atoms with van der Waals surface area (Å²) < 4.78 is 18.9. The molecule has 3 rings (SSSR count). The maximum Gasteiger partial charge on any atom is 0.128 e. The van der Waals surface area contributed by atoms with Crippen molar-refractivity contribution in [1.82, 2.24) is 0 Å². The maximum absolute atomic E-state index is 13.1. The third-order valence-corrected chi connectivity index (χ3v) is 3.62. The number of ether oxygens (including phenoxy) is 1. The molecule has 2 aromatic carbocycles. The van der Waals surface area contributed by atoms with Crippen molar-refractivity contribution in [1.29, 1.82) is 0 Å². The molecule has 0 bridgehead atoms. The zero-order valence-electron chi connectivity index (χ0n) is 10.0. The van der Waals surface area contributed by atoms with Crippen LogP contribution in [0.15, 0.2) is 42.5 Å². The van der Waals surface area contributed by atoms with E-state index >= 15 is 0 Å². The van der Waals surface area contributed by atoms with Crippen LogP contribution in [0.1, 0.15) is 29.8 Å². The predicted octanol–water partition coefficient (Wildman–Crippen LogP) is 4.04. The first-order valence-corrected chi connectivity index (χ1v) is 6.41. The van der Waals surface area contributed by atoms with Crippen LogP contribution in [0.2, 0.25) is 5.02 Å². The van der Waals surface area contributed by atoms with E-state index in [1.807, 2.05) is 24.3 Å². The summed E-state index contributed by atoms with van der Waals surface area (Å²) in [5.74, 6) is 0.261. The van der Waals surface area contributed by atoms with Crippen molar-refractivity contribution in [3.05, 3.63) is 64.4 Å². The lowest BCUT2D eigenvalue weighted by atomic mass is 9.95. The van der Waals surface area contributed by atoms with Crippen LogP contribution in [0.5, 0.6) is 5.75 Å². The van der Waals surface area contributed by atoms with E-state index < -0.39 is 6.10 Å². The molecular formula is C15H12ClFO2. The summed E-state index contributed by atoms with van der Waals surface area (Å²) in [5.41, 5.74) is 1.47. The van der Waals surface area contributed by atoms with Crippen LogP contribution in [0, 0.1) is 5.82 Å². The molecule has 98 valence electrons. The fourth-order valence-corrected chi connectivity index (χ4v) is 2.64. The topological polar surface area (TPSA) is 29.5 Å². The smallest absolute Gasteiger partial charge is 0.128 e. The van der Waals surface area contributed by atoms with Gasteiger partial charge in [-0.1, -0.05) is 35.9 Å². The molecule has 4 heteroatoms. The number of benzene rings is 2. The van der Waals surface area contributed by atoms with Gasteiger partial charge in [-0.15, -0.1) is 0 Å². The van der Waals surface area contributed by atoms with Gasteiger partial charge in [0.1, 0.15) is 17.7 Å². The highest BCUT2D eigenvalue weighted by atomic mass is 35.5. The second kappa shape index (κ2) is 4.83. The van der Waals surface area contributed by atoms with Gasteiger partial charge in [-0.3, -0.25) is 0 Å². The van der Waals surface area contributed by atoms with Gasteiger partial charge in [-0.05, 0) is 18.2 Å². The molecule has 2 nitrogen and oxygen atoms in total. The van der Waals surface area contributed by atoms with Crippen molar-refractivity contribution < 1.29 is 14.2 Å². The molecule has 1 heterocycles. The van der Waals surface area contributed by atoms with Gasteiger partial charge in [0, 0.05) is 17.5 Å². The van der Waals surface area contributed by atoms with E-state index in [9.17, 15) is 9.50 Å². The quantitative estimate of drug-likeness (QED) is 0.853. The molecule has 0 saturated heterocycles. The summed E-state index contributed by atoms with van der Waals surface area (Å²) in [6, 6.07) is 11.6. The molecule has 2 aromatic rings. The molecule has 1 N–H and O–H groups in total. The molecule has 19 heavy (non-hydrogen) atoms. The average Bonchev–Trinajstić information content (AvgIpc) is 2.38. The first-order chi connectivity index (χ1) is 9.15. The van der Waals surface area contributed by atoms with E-state index in [0.717, 1.165) is 5.56 Å². The number of fused-ring (bicyclic) bond motifs is 1. The van der Waals surface area contributed by atoms with Gasteiger partial charge >= 0.3 is 0 Å². The number of rotatable bonds is 1. The van der Waals surface area contributed by atoms with Crippen molar-refractivity contribution >= 4 is 11.6 Å². The molecule has 0 aromatic heterocycles. The predicted molar refractivity (Wildman–Crippen MR) is 70.8 cm³/mol. The summed E-state index contributed by atoms with van der Waals surface area (Å²) in [5, 5.41) is 10.5. The van der Waals surface area contributed by atoms with E-state index in [1.165, 1.54) is 12.1 Å².